The Morgan fingerprint density at radius 3 is 2.56 bits per heavy atom. The molecule has 0 aliphatic carbocycles. The topological polar surface area (TPSA) is 21.3 Å². The Hall–Kier alpha value is -1.76. The van der Waals surface area contributed by atoms with E-state index in [1.165, 1.54) is 12.1 Å². The Balaban J connectivity index is 2.37. The lowest BCUT2D eigenvalue weighted by atomic mass is 10.3. The minimum absolute atomic E-state index is 0.157. The molecule has 0 aromatic heterocycles. The first-order valence-electron chi connectivity index (χ1n) is 4.94. The van der Waals surface area contributed by atoms with Gasteiger partial charge in [-0.2, -0.15) is 8.78 Å². The predicted molar refractivity (Wildman–Crippen MR) is 59.6 cm³/mol. The molecule has 1 N–H and O–H groups in total. The minimum Gasteiger partial charge on any atom is -0.435 e. The van der Waals surface area contributed by atoms with E-state index in [0.29, 0.717) is 0 Å². The van der Waals surface area contributed by atoms with Gasteiger partial charge in [-0.1, -0.05) is 0 Å². The van der Waals surface area contributed by atoms with Crippen molar-refractivity contribution in [2.45, 2.75) is 19.5 Å². The SMILES string of the molecule is C#CCCCNc1ccc(OC(F)F)cc1. The molecule has 0 amide bonds. The predicted octanol–water partition coefficient (Wildman–Crippen LogP) is 3.11. The molecule has 0 saturated heterocycles. The number of benzene rings is 1. The van der Waals surface area contributed by atoms with E-state index >= 15 is 0 Å². The van der Waals surface area contributed by atoms with Gasteiger partial charge in [-0.3, -0.25) is 0 Å². The van der Waals surface area contributed by atoms with Crippen molar-refractivity contribution < 1.29 is 13.5 Å². The van der Waals surface area contributed by atoms with Crippen LogP contribution in [0, 0.1) is 12.3 Å². The van der Waals surface area contributed by atoms with Gasteiger partial charge in [0.2, 0.25) is 0 Å². The fraction of sp³-hybridized carbons (Fsp3) is 0.333. The van der Waals surface area contributed by atoms with Crippen LogP contribution in [-0.4, -0.2) is 13.2 Å². The van der Waals surface area contributed by atoms with Gasteiger partial charge in [0.1, 0.15) is 5.75 Å². The second-order valence-corrected chi connectivity index (χ2v) is 3.14. The van der Waals surface area contributed by atoms with Crippen molar-refractivity contribution >= 4 is 5.69 Å². The molecule has 1 aromatic rings. The van der Waals surface area contributed by atoms with Crippen molar-refractivity contribution in [2.75, 3.05) is 11.9 Å². The van der Waals surface area contributed by atoms with E-state index in [-0.39, 0.29) is 5.75 Å². The summed E-state index contributed by atoms with van der Waals surface area (Å²) in [6.45, 7) is -2.02. The Morgan fingerprint density at radius 2 is 2.00 bits per heavy atom. The summed E-state index contributed by atoms with van der Waals surface area (Å²) in [7, 11) is 0. The molecule has 1 aromatic carbocycles. The van der Waals surface area contributed by atoms with Gasteiger partial charge in [-0.25, -0.2) is 0 Å². The number of terminal acetylenes is 1. The van der Waals surface area contributed by atoms with Crippen LogP contribution in [0.4, 0.5) is 14.5 Å². The Kier molecular flexibility index (Phi) is 5.13. The van der Waals surface area contributed by atoms with Crippen LogP contribution in [0.1, 0.15) is 12.8 Å². The summed E-state index contributed by atoms with van der Waals surface area (Å²) in [6.07, 6.45) is 6.71. The number of hydrogen-bond acceptors (Lipinski definition) is 2. The molecule has 0 radical (unpaired) electrons. The van der Waals surface area contributed by atoms with Gasteiger partial charge in [-0.15, -0.1) is 12.3 Å². The molecule has 0 heterocycles. The maximum absolute atomic E-state index is 11.9. The van der Waals surface area contributed by atoms with Crippen LogP contribution in [0.15, 0.2) is 24.3 Å². The van der Waals surface area contributed by atoms with Crippen LogP contribution in [0.25, 0.3) is 0 Å². The summed E-state index contributed by atoms with van der Waals surface area (Å²) < 4.78 is 27.9. The standard InChI is InChI=1S/C12H13F2NO/c1-2-3-4-9-15-10-5-7-11(8-6-10)16-12(13)14/h1,5-8,12,15H,3-4,9H2. The van der Waals surface area contributed by atoms with Gasteiger partial charge in [0, 0.05) is 18.7 Å². The summed E-state index contributed by atoms with van der Waals surface area (Å²) >= 11 is 0. The van der Waals surface area contributed by atoms with E-state index < -0.39 is 6.61 Å². The van der Waals surface area contributed by atoms with Crippen LogP contribution in [0.3, 0.4) is 0 Å². The monoisotopic (exact) mass is 225 g/mol. The maximum Gasteiger partial charge on any atom is 0.387 e. The van der Waals surface area contributed by atoms with Crippen molar-refractivity contribution in [1.29, 1.82) is 0 Å². The molecule has 0 fully saturated rings. The first-order chi connectivity index (χ1) is 7.72. The van der Waals surface area contributed by atoms with Crippen LogP contribution in [-0.2, 0) is 0 Å². The summed E-state index contributed by atoms with van der Waals surface area (Å²) in [6, 6.07) is 6.37. The van der Waals surface area contributed by atoms with Crippen molar-refractivity contribution in [3.8, 4) is 18.1 Å². The lowest BCUT2D eigenvalue weighted by Gasteiger charge is -2.07. The molecule has 0 aliphatic rings. The van der Waals surface area contributed by atoms with E-state index in [2.05, 4.69) is 16.0 Å². The summed E-state index contributed by atoms with van der Waals surface area (Å²) in [5, 5.41) is 3.12. The van der Waals surface area contributed by atoms with Crippen LogP contribution >= 0.6 is 0 Å². The molecule has 0 aliphatic heterocycles. The molecule has 0 spiro atoms. The van der Waals surface area contributed by atoms with Gasteiger partial charge in [0.25, 0.3) is 0 Å². The van der Waals surface area contributed by atoms with E-state index in [0.717, 1.165) is 25.1 Å². The third-order valence-corrected chi connectivity index (χ3v) is 1.91. The largest absolute Gasteiger partial charge is 0.435 e. The third-order valence-electron chi connectivity index (χ3n) is 1.91. The number of hydrogen-bond donors (Lipinski definition) is 1. The van der Waals surface area contributed by atoms with Crippen LogP contribution in [0.2, 0.25) is 0 Å². The van der Waals surface area contributed by atoms with E-state index in [4.69, 9.17) is 6.42 Å². The van der Waals surface area contributed by atoms with Crippen LogP contribution < -0.4 is 10.1 Å². The normalized spacial score (nSPS) is 9.88. The highest BCUT2D eigenvalue weighted by Crippen LogP contribution is 2.17. The summed E-state index contributed by atoms with van der Waals surface area (Å²) in [5.74, 6) is 2.70. The Labute approximate surface area is 93.6 Å². The number of anilines is 1. The number of ether oxygens (including phenoxy) is 1. The zero-order valence-electron chi connectivity index (χ0n) is 8.75. The highest BCUT2D eigenvalue weighted by molar-refractivity contribution is 5.46. The van der Waals surface area contributed by atoms with Crippen molar-refractivity contribution in [3.05, 3.63) is 24.3 Å². The smallest absolute Gasteiger partial charge is 0.387 e. The van der Waals surface area contributed by atoms with Gasteiger partial charge >= 0.3 is 6.61 Å². The average molecular weight is 225 g/mol. The van der Waals surface area contributed by atoms with Gasteiger partial charge in [0.15, 0.2) is 0 Å². The fourth-order valence-corrected chi connectivity index (χ4v) is 1.18. The molecule has 16 heavy (non-hydrogen) atoms. The molecule has 4 heteroatoms. The summed E-state index contributed by atoms with van der Waals surface area (Å²) in [5.41, 5.74) is 0.860. The van der Waals surface area contributed by atoms with Gasteiger partial charge < -0.3 is 10.1 Å². The molecular formula is C12H13F2NO. The number of unbranched alkanes of at least 4 members (excludes halogenated alkanes) is 1. The Morgan fingerprint density at radius 1 is 1.31 bits per heavy atom. The molecule has 0 atom stereocenters. The van der Waals surface area contributed by atoms with E-state index in [1.807, 2.05) is 0 Å². The second kappa shape index (κ2) is 6.67. The molecular weight excluding hydrogens is 212 g/mol. The Bertz CT molecular complexity index is 343. The minimum atomic E-state index is -2.78. The quantitative estimate of drug-likeness (QED) is 0.593. The number of rotatable bonds is 6. The van der Waals surface area contributed by atoms with Crippen molar-refractivity contribution in [1.82, 2.24) is 0 Å². The zero-order valence-corrected chi connectivity index (χ0v) is 8.75. The number of alkyl halides is 2. The maximum atomic E-state index is 11.9. The van der Waals surface area contributed by atoms with Gasteiger partial charge in [-0.05, 0) is 30.7 Å². The molecule has 0 saturated carbocycles. The molecule has 0 unspecified atom stereocenters. The number of halogens is 2. The van der Waals surface area contributed by atoms with Gasteiger partial charge in [0.05, 0.1) is 0 Å². The lowest BCUT2D eigenvalue weighted by molar-refractivity contribution is -0.0498. The molecule has 1 rings (SSSR count). The first-order valence-corrected chi connectivity index (χ1v) is 4.94. The van der Waals surface area contributed by atoms with E-state index in [9.17, 15) is 8.78 Å². The lowest BCUT2D eigenvalue weighted by Crippen LogP contribution is -2.03. The van der Waals surface area contributed by atoms with Crippen LogP contribution in [0.5, 0.6) is 5.75 Å². The van der Waals surface area contributed by atoms with Crippen molar-refractivity contribution in [3.63, 3.8) is 0 Å². The average Bonchev–Trinajstić information content (AvgIpc) is 2.26. The first kappa shape index (κ1) is 12.3. The molecule has 2 nitrogen and oxygen atoms in total. The third kappa shape index (κ3) is 4.65. The number of nitrogens with one attached hydrogen (secondary N) is 1. The summed E-state index contributed by atoms with van der Waals surface area (Å²) in [4.78, 5) is 0. The van der Waals surface area contributed by atoms with Crippen molar-refractivity contribution in [2.24, 2.45) is 0 Å². The van der Waals surface area contributed by atoms with E-state index in [1.54, 1.807) is 12.1 Å². The molecule has 0 bridgehead atoms. The zero-order chi connectivity index (χ0) is 11.8. The highest BCUT2D eigenvalue weighted by atomic mass is 19.3. The highest BCUT2D eigenvalue weighted by Gasteiger charge is 2.03. The molecule has 86 valence electrons. The second-order valence-electron chi connectivity index (χ2n) is 3.14. The fourth-order valence-electron chi connectivity index (χ4n) is 1.18.